The summed E-state index contributed by atoms with van der Waals surface area (Å²) in [6, 6.07) is 14.0. The molecule has 38 heavy (non-hydrogen) atoms. The second-order valence-electron chi connectivity index (χ2n) is 11.9. The van der Waals surface area contributed by atoms with E-state index >= 15 is 0 Å². The number of H-pyrrole nitrogens is 1. The van der Waals surface area contributed by atoms with Crippen molar-refractivity contribution in [1.29, 1.82) is 5.26 Å². The molecule has 5 rings (SSSR count). The van der Waals surface area contributed by atoms with Crippen LogP contribution in [-0.2, 0) is 16.6 Å². The van der Waals surface area contributed by atoms with Gasteiger partial charge in [0.1, 0.15) is 5.60 Å². The Hall–Kier alpha value is -3.28. The van der Waals surface area contributed by atoms with E-state index in [1.165, 1.54) is 17.7 Å². The first kappa shape index (κ1) is 26.3. The van der Waals surface area contributed by atoms with Crippen LogP contribution in [0.1, 0.15) is 85.8 Å². The Kier molecular flexibility index (Phi) is 6.79. The fourth-order valence-corrected chi connectivity index (χ4v) is 6.25. The Morgan fingerprint density at radius 2 is 1.95 bits per heavy atom. The molecule has 3 aromatic rings. The van der Waals surface area contributed by atoms with Gasteiger partial charge in [0.05, 0.1) is 17.2 Å². The van der Waals surface area contributed by atoms with Crippen LogP contribution in [0.25, 0.3) is 10.9 Å². The Bertz CT molecular complexity index is 1450. The van der Waals surface area contributed by atoms with Gasteiger partial charge in [0.15, 0.2) is 5.78 Å². The largest absolute Gasteiger partial charge is 0.443 e. The smallest absolute Gasteiger partial charge is 0.418 e. The molecule has 1 fully saturated rings. The van der Waals surface area contributed by atoms with Crippen LogP contribution in [0.15, 0.2) is 36.4 Å². The molecule has 2 heterocycles. The van der Waals surface area contributed by atoms with Gasteiger partial charge in [-0.15, -0.1) is 0 Å². The monoisotopic (exact) mass is 530 g/mol. The summed E-state index contributed by atoms with van der Waals surface area (Å²) in [6.45, 7) is 11.7. The van der Waals surface area contributed by atoms with Crippen LogP contribution in [0.4, 0.5) is 4.79 Å². The van der Waals surface area contributed by atoms with E-state index in [4.69, 9.17) is 4.74 Å². The molecular formula is C30H34N4O3S. The number of nitrogens with one attached hydrogen (secondary N) is 2. The van der Waals surface area contributed by atoms with Gasteiger partial charge in [-0.1, -0.05) is 38.1 Å². The summed E-state index contributed by atoms with van der Waals surface area (Å²) in [7, 11) is 0. The zero-order valence-electron chi connectivity index (χ0n) is 22.6. The van der Waals surface area contributed by atoms with E-state index in [0.717, 1.165) is 65.6 Å². The summed E-state index contributed by atoms with van der Waals surface area (Å²) in [4.78, 5) is 29.0. The summed E-state index contributed by atoms with van der Waals surface area (Å²) >= 11 is 1.32. The van der Waals surface area contributed by atoms with Crippen molar-refractivity contribution in [3.63, 3.8) is 0 Å². The Morgan fingerprint density at radius 3 is 2.63 bits per heavy atom. The second kappa shape index (κ2) is 9.79. The zero-order valence-corrected chi connectivity index (χ0v) is 23.4. The summed E-state index contributed by atoms with van der Waals surface area (Å²) in [5.74, 6) is 0.585. The highest BCUT2D eigenvalue weighted by Gasteiger charge is 2.39. The van der Waals surface area contributed by atoms with Gasteiger partial charge in [0.2, 0.25) is 0 Å². The third-order valence-corrected chi connectivity index (χ3v) is 8.42. The fraction of sp³-hybridized carbons (Fsp3) is 0.433. The Balaban J connectivity index is 1.28. The van der Waals surface area contributed by atoms with Gasteiger partial charge in [0.25, 0.3) is 0 Å². The van der Waals surface area contributed by atoms with Crippen molar-refractivity contribution >= 4 is 34.9 Å². The molecule has 1 aliphatic carbocycles. The molecule has 0 saturated carbocycles. The number of nitrogens with zero attached hydrogens (tertiary/aromatic N) is 2. The number of carbonyl (C=O) groups is 2. The highest BCUT2D eigenvalue weighted by Crippen LogP contribution is 2.44. The van der Waals surface area contributed by atoms with Gasteiger partial charge >= 0.3 is 6.09 Å². The molecule has 0 radical (unpaired) electrons. The highest BCUT2D eigenvalue weighted by atomic mass is 32.2. The van der Waals surface area contributed by atoms with Gasteiger partial charge in [-0.3, -0.25) is 9.52 Å². The highest BCUT2D eigenvalue weighted by molar-refractivity contribution is 7.95. The molecule has 7 nitrogen and oxygen atoms in total. The van der Waals surface area contributed by atoms with Crippen LogP contribution in [0.5, 0.6) is 0 Å². The molecule has 2 aliphatic rings. The lowest BCUT2D eigenvalue weighted by molar-refractivity contribution is 0.0572. The molecule has 198 valence electrons. The number of benzene rings is 2. The maximum absolute atomic E-state index is 13.6. The fourth-order valence-electron chi connectivity index (χ4n) is 5.61. The first-order chi connectivity index (χ1) is 18.0. The molecule has 1 saturated heterocycles. The van der Waals surface area contributed by atoms with E-state index in [2.05, 4.69) is 46.1 Å². The number of carbonyl (C=O) groups excluding carboxylic acids is 2. The summed E-state index contributed by atoms with van der Waals surface area (Å²) in [6.07, 6.45) is 2.62. The van der Waals surface area contributed by atoms with E-state index in [0.29, 0.717) is 11.5 Å². The maximum atomic E-state index is 13.6. The van der Waals surface area contributed by atoms with Crippen molar-refractivity contribution in [2.24, 2.45) is 5.92 Å². The average Bonchev–Trinajstić information content (AvgIpc) is 3.26. The lowest BCUT2D eigenvalue weighted by Crippen LogP contribution is -2.35. The number of amides is 1. The Morgan fingerprint density at radius 1 is 1.21 bits per heavy atom. The molecule has 0 atom stereocenters. The van der Waals surface area contributed by atoms with Crippen molar-refractivity contribution in [1.82, 2.24) is 14.0 Å². The molecule has 2 aromatic carbocycles. The van der Waals surface area contributed by atoms with Gasteiger partial charge in [-0.2, -0.15) is 5.26 Å². The van der Waals surface area contributed by atoms with Gasteiger partial charge in [0, 0.05) is 52.8 Å². The summed E-state index contributed by atoms with van der Waals surface area (Å²) in [5.41, 5.74) is 5.22. The number of fused-ring (bicyclic) bond motifs is 4. The first-order valence-electron chi connectivity index (χ1n) is 13.1. The zero-order chi connectivity index (χ0) is 27.2. The van der Waals surface area contributed by atoms with Crippen LogP contribution in [0.3, 0.4) is 0 Å². The van der Waals surface area contributed by atoms with Crippen LogP contribution >= 0.6 is 12.1 Å². The molecular weight excluding hydrogens is 496 g/mol. The lowest BCUT2D eigenvalue weighted by atomic mass is 9.70. The number of piperidine rings is 1. The normalized spacial score (nSPS) is 17.5. The average molecular weight is 531 g/mol. The molecule has 1 aromatic heterocycles. The van der Waals surface area contributed by atoms with Crippen molar-refractivity contribution < 1.29 is 14.3 Å². The topological polar surface area (TPSA) is 98.2 Å². The standard InChI is InChI=1S/C30H34N4O3S/c1-29(2,3)37-28(36)33-38-34-12-10-18(11-13-34)14-19-6-8-21-23(15-19)30(4,5)27-25(26(21)35)22-9-7-20(17-31)16-24(22)32-27/h6-9,15-16,18,32H,10-14H2,1-5H3,(H,33,36). The van der Waals surface area contributed by atoms with E-state index in [9.17, 15) is 14.9 Å². The van der Waals surface area contributed by atoms with E-state index in [-0.39, 0.29) is 11.2 Å². The van der Waals surface area contributed by atoms with Crippen LogP contribution in [0, 0.1) is 17.2 Å². The van der Waals surface area contributed by atoms with Crippen LogP contribution in [0.2, 0.25) is 0 Å². The minimum atomic E-state index is -0.511. The number of ketones is 1. The molecule has 2 N–H and O–H groups in total. The molecule has 1 amide bonds. The predicted octanol–water partition coefficient (Wildman–Crippen LogP) is 6.25. The number of ether oxygens (including phenoxy) is 1. The molecule has 0 spiro atoms. The summed E-state index contributed by atoms with van der Waals surface area (Å²) in [5, 5.41) is 10.2. The molecule has 8 heteroatoms. The van der Waals surface area contributed by atoms with Gasteiger partial charge in [-0.05, 0) is 69.2 Å². The third-order valence-electron chi connectivity index (χ3n) is 7.54. The molecule has 1 aliphatic heterocycles. The molecule has 0 bridgehead atoms. The van der Waals surface area contributed by atoms with Crippen LogP contribution in [-0.4, -0.2) is 39.9 Å². The summed E-state index contributed by atoms with van der Waals surface area (Å²) < 4.78 is 10.3. The number of hydrogen-bond donors (Lipinski definition) is 2. The van der Waals surface area contributed by atoms with Gasteiger partial charge in [-0.25, -0.2) is 9.10 Å². The first-order valence-corrected chi connectivity index (χ1v) is 13.9. The number of hydrogen-bond acceptors (Lipinski definition) is 6. The number of nitriles is 1. The predicted molar refractivity (Wildman–Crippen MR) is 150 cm³/mol. The van der Waals surface area contributed by atoms with E-state index in [1.807, 2.05) is 39.0 Å². The minimum absolute atomic E-state index is 0.0413. The quantitative estimate of drug-likeness (QED) is 0.387. The van der Waals surface area contributed by atoms with Crippen molar-refractivity contribution in [2.45, 2.75) is 64.9 Å². The van der Waals surface area contributed by atoms with Crippen molar-refractivity contribution in [3.8, 4) is 6.07 Å². The van der Waals surface area contributed by atoms with Crippen molar-refractivity contribution in [2.75, 3.05) is 13.1 Å². The van der Waals surface area contributed by atoms with E-state index in [1.54, 1.807) is 6.07 Å². The SMILES string of the molecule is CC(C)(C)OC(=O)NSN1CCC(Cc2ccc3c(c2)C(C)(C)c2[nH]c4cc(C#N)ccc4c2C3=O)CC1. The van der Waals surface area contributed by atoms with E-state index < -0.39 is 11.7 Å². The Labute approximate surface area is 228 Å². The number of aromatic amines is 1. The lowest BCUT2D eigenvalue weighted by Gasteiger charge is -2.33. The second-order valence-corrected chi connectivity index (χ2v) is 12.8. The minimum Gasteiger partial charge on any atom is -0.443 e. The van der Waals surface area contributed by atoms with Crippen molar-refractivity contribution in [3.05, 3.63) is 69.9 Å². The molecule has 0 unspecified atom stereocenters. The number of rotatable bonds is 4. The third kappa shape index (κ3) is 5.05. The van der Waals surface area contributed by atoms with Crippen LogP contribution < -0.4 is 4.72 Å². The van der Waals surface area contributed by atoms with Gasteiger partial charge < -0.3 is 9.72 Å². The maximum Gasteiger partial charge on any atom is 0.418 e. The number of aromatic nitrogens is 1.